The molecule has 13 nitrogen and oxygen atoms in total. The molecule has 1 amide bonds. The van der Waals surface area contributed by atoms with E-state index in [9.17, 15) is 14.7 Å². The summed E-state index contributed by atoms with van der Waals surface area (Å²) in [5.41, 5.74) is 8.90. The molecule has 2 aromatic carbocycles. The Hall–Kier alpha value is -5.60. The number of carboxylic acid groups (broad SMARTS) is 1. The highest BCUT2D eigenvalue weighted by Crippen LogP contribution is 2.45. The summed E-state index contributed by atoms with van der Waals surface area (Å²) in [5.74, 6) is -0.0133. The molecule has 3 aromatic heterocycles. The number of aliphatic imine (C=N–C) groups is 1. The number of amides is 1. The van der Waals surface area contributed by atoms with Gasteiger partial charge in [-0.05, 0) is 79.4 Å². The molecule has 3 N–H and O–H groups in total. The molecular weight excluding hydrogens is 817 g/mol. The second kappa shape index (κ2) is 19.0. The number of aliphatic carboxylic acids is 1. The Bertz CT molecular complexity index is 2450. The van der Waals surface area contributed by atoms with E-state index < -0.39 is 11.9 Å². The summed E-state index contributed by atoms with van der Waals surface area (Å²) in [6, 6.07) is 20.0. The molecule has 2 aliphatic heterocycles. The number of carbonyl (C=O) groups is 2. The van der Waals surface area contributed by atoms with Gasteiger partial charge in [-0.3, -0.25) is 24.5 Å². The van der Waals surface area contributed by atoms with Gasteiger partial charge in [0, 0.05) is 78.9 Å². The Morgan fingerprint density at radius 1 is 0.967 bits per heavy atom. The zero-order valence-electron chi connectivity index (χ0n) is 33.8. The van der Waals surface area contributed by atoms with Crippen molar-refractivity contribution in [2.75, 3.05) is 26.7 Å². The highest BCUT2D eigenvalue weighted by molar-refractivity contribution is 6.36. The van der Waals surface area contributed by atoms with E-state index in [4.69, 9.17) is 47.4 Å². The molecule has 2 saturated heterocycles. The fraction of sp³-hybridized carbons (Fsp3) is 0.348. The van der Waals surface area contributed by atoms with Crippen molar-refractivity contribution in [1.29, 1.82) is 0 Å². The first kappa shape index (κ1) is 42.1. The number of fused-ring (bicyclic) bond motifs is 1. The largest absolute Gasteiger partial charge is 0.481 e. The van der Waals surface area contributed by atoms with Crippen molar-refractivity contribution in [3.05, 3.63) is 116 Å². The maximum absolute atomic E-state index is 11.7. The van der Waals surface area contributed by atoms with Crippen LogP contribution < -0.4 is 24.8 Å². The molecule has 0 unspecified atom stereocenters. The summed E-state index contributed by atoms with van der Waals surface area (Å²) in [6.45, 7) is 6.92. The van der Waals surface area contributed by atoms with Gasteiger partial charge in [0.15, 0.2) is 0 Å². The smallest absolute Gasteiger partial charge is 0.307 e. The van der Waals surface area contributed by atoms with E-state index >= 15 is 0 Å². The first-order valence-corrected chi connectivity index (χ1v) is 21.2. The Labute approximate surface area is 364 Å². The number of nitrogens with one attached hydrogen (secondary N) is 2. The van der Waals surface area contributed by atoms with Crippen LogP contribution in [-0.4, -0.2) is 76.3 Å². The first-order chi connectivity index (χ1) is 29.7. The minimum Gasteiger partial charge on any atom is -0.481 e. The van der Waals surface area contributed by atoms with Crippen LogP contribution in [0.15, 0.2) is 78.0 Å². The van der Waals surface area contributed by atoms with Gasteiger partial charge >= 0.3 is 5.97 Å². The second-order valence-electron chi connectivity index (χ2n) is 15.7. The van der Waals surface area contributed by atoms with Crippen molar-refractivity contribution >= 4 is 41.8 Å². The number of carbonyl (C=O) groups excluding carboxylic acids is 1. The summed E-state index contributed by atoms with van der Waals surface area (Å²) >= 11 is 14.2. The van der Waals surface area contributed by atoms with Gasteiger partial charge in [0.1, 0.15) is 17.7 Å². The van der Waals surface area contributed by atoms with Crippen molar-refractivity contribution in [2.24, 2.45) is 10.9 Å². The number of ether oxygens (including phenoxy) is 3. The van der Waals surface area contributed by atoms with E-state index in [0.29, 0.717) is 86.0 Å². The van der Waals surface area contributed by atoms with Crippen LogP contribution in [0.25, 0.3) is 22.4 Å². The fourth-order valence-electron chi connectivity index (χ4n) is 8.43. The van der Waals surface area contributed by atoms with Crippen LogP contribution in [0.1, 0.15) is 65.2 Å². The molecule has 316 valence electrons. The van der Waals surface area contributed by atoms with Crippen molar-refractivity contribution in [3.63, 3.8) is 0 Å². The van der Waals surface area contributed by atoms with Crippen LogP contribution >= 0.6 is 23.2 Å². The average Bonchev–Trinajstić information content (AvgIpc) is 4.02. The van der Waals surface area contributed by atoms with Gasteiger partial charge in [-0.15, -0.1) is 0 Å². The minimum atomic E-state index is -0.795. The predicted octanol–water partition coefficient (Wildman–Crippen LogP) is 7.64. The third-order valence-electron chi connectivity index (χ3n) is 11.5. The molecule has 0 radical (unpaired) electrons. The van der Waals surface area contributed by atoms with E-state index in [1.54, 1.807) is 19.5 Å². The lowest BCUT2D eigenvalue weighted by Gasteiger charge is -2.21. The number of benzene rings is 2. The van der Waals surface area contributed by atoms with Crippen molar-refractivity contribution in [1.82, 2.24) is 30.5 Å². The summed E-state index contributed by atoms with van der Waals surface area (Å²) < 4.78 is 18.7. The lowest BCUT2D eigenvalue weighted by Crippen LogP contribution is -2.35. The van der Waals surface area contributed by atoms with Gasteiger partial charge in [-0.2, -0.15) is 4.98 Å². The molecular formula is C46H47Cl2N7O6. The zero-order valence-corrected chi connectivity index (χ0v) is 35.3. The molecule has 5 aromatic rings. The number of pyridine rings is 3. The topological polar surface area (TPSA) is 160 Å². The maximum Gasteiger partial charge on any atom is 0.307 e. The van der Waals surface area contributed by atoms with Crippen molar-refractivity contribution in [3.8, 4) is 40.0 Å². The summed E-state index contributed by atoms with van der Waals surface area (Å²) in [7, 11) is 1.61. The number of carboxylic acids is 1. The van der Waals surface area contributed by atoms with Crippen LogP contribution in [-0.2, 0) is 42.3 Å². The molecule has 1 aliphatic carbocycles. The number of hydrogen-bond donors (Lipinski definition) is 3. The van der Waals surface area contributed by atoms with E-state index in [0.717, 1.165) is 62.9 Å². The number of halogens is 2. The number of rotatable bonds is 17. The third-order valence-corrected chi connectivity index (χ3v) is 12.2. The summed E-state index contributed by atoms with van der Waals surface area (Å²) in [6.07, 6.45) is 6.55. The highest BCUT2D eigenvalue weighted by atomic mass is 35.5. The van der Waals surface area contributed by atoms with Gasteiger partial charge < -0.3 is 30.0 Å². The van der Waals surface area contributed by atoms with Crippen LogP contribution in [0.5, 0.6) is 17.6 Å². The number of aromatic nitrogens is 3. The summed E-state index contributed by atoms with van der Waals surface area (Å²) in [4.78, 5) is 43.4. The SMILES string of the molecule is C=NCc1cncc(COc2nc(O[C@H]3CCc4c(-c5cccc(-c6ccc(CNC[C@@H]7CCC(=O)N7)c(OC)n6)c5Cl)cccc43)c(Cl)cc2CN2CC[C@@H](C(=O)O)C2)c1. The lowest BCUT2D eigenvalue weighted by molar-refractivity contribution is -0.141. The number of methoxy groups -OCH3 is 1. The van der Waals surface area contributed by atoms with Crippen LogP contribution in [0.2, 0.25) is 10.0 Å². The molecule has 0 bridgehead atoms. The first-order valence-electron chi connectivity index (χ1n) is 20.4. The maximum atomic E-state index is 11.7. The monoisotopic (exact) mass is 863 g/mol. The standard InChI is InChI=1S/C46H47Cl2N7O6/c1-49-19-27-17-28(21-50-20-27)26-60-44-31(25-55-16-15-30(24-55)46(57)58)18-38(47)45(54-44)61-40-13-11-34-33(5-3-6-35(34)40)36-7-4-8-37(42(36)48)39-12-9-29(43(53-39)59-2)22-51-23-32-10-14-41(56)52-32/h3-9,12,17-18,20-21,30,32,40,51H,1,10-11,13-16,19,22-26H2,2H3,(H,52,56)(H,57,58)/t30-,32+,40+/m1/s1. The van der Waals surface area contributed by atoms with E-state index in [2.05, 4.69) is 44.4 Å². The van der Waals surface area contributed by atoms with E-state index in [1.165, 1.54) is 0 Å². The molecule has 0 saturated carbocycles. The lowest BCUT2D eigenvalue weighted by atomic mass is 9.94. The normalized spacial score (nSPS) is 18.5. The van der Waals surface area contributed by atoms with Crippen molar-refractivity contribution < 1.29 is 28.9 Å². The fourth-order valence-corrected chi connectivity index (χ4v) is 8.97. The molecule has 61 heavy (non-hydrogen) atoms. The van der Waals surface area contributed by atoms with Gasteiger partial charge in [0.05, 0.1) is 30.3 Å². The van der Waals surface area contributed by atoms with Crippen LogP contribution in [0, 0.1) is 5.92 Å². The Morgan fingerprint density at radius 3 is 2.57 bits per heavy atom. The van der Waals surface area contributed by atoms with E-state index in [1.807, 2.05) is 48.5 Å². The minimum absolute atomic E-state index is 0.0935. The number of hydrogen-bond acceptors (Lipinski definition) is 11. The number of likely N-dealkylation sites (tertiary alicyclic amines) is 1. The van der Waals surface area contributed by atoms with E-state index in [-0.39, 0.29) is 30.5 Å². The Balaban J connectivity index is 1.02. The molecule has 8 rings (SSSR count). The molecule has 3 aliphatic rings. The second-order valence-corrected chi connectivity index (χ2v) is 16.4. The van der Waals surface area contributed by atoms with Crippen molar-refractivity contribution in [2.45, 2.75) is 70.5 Å². The number of nitrogens with zero attached hydrogens (tertiary/aromatic N) is 5. The quantitative estimate of drug-likeness (QED) is 0.0789. The molecule has 15 heteroatoms. The predicted molar refractivity (Wildman–Crippen MR) is 233 cm³/mol. The molecule has 3 atom stereocenters. The highest BCUT2D eigenvalue weighted by Gasteiger charge is 2.31. The summed E-state index contributed by atoms with van der Waals surface area (Å²) in [5, 5.41) is 16.9. The third kappa shape index (κ3) is 9.65. The average molecular weight is 865 g/mol. The molecule has 5 heterocycles. The van der Waals surface area contributed by atoms with Crippen LogP contribution in [0.3, 0.4) is 0 Å². The Kier molecular flexibility index (Phi) is 13.1. The zero-order chi connectivity index (χ0) is 42.5. The molecule has 0 spiro atoms. The Morgan fingerprint density at radius 2 is 1.79 bits per heavy atom. The van der Waals surface area contributed by atoms with Gasteiger partial charge in [0.25, 0.3) is 0 Å². The van der Waals surface area contributed by atoms with Gasteiger partial charge in [-0.1, -0.05) is 65.7 Å². The molecule has 2 fully saturated rings. The van der Waals surface area contributed by atoms with Gasteiger partial charge in [-0.25, -0.2) is 4.98 Å². The van der Waals surface area contributed by atoms with Crippen LogP contribution in [0.4, 0.5) is 0 Å². The van der Waals surface area contributed by atoms with Gasteiger partial charge in [0.2, 0.25) is 23.5 Å².